The van der Waals surface area contributed by atoms with Gasteiger partial charge in [-0.3, -0.25) is 0 Å². The largest absolute Gasteiger partial charge is 0.480 e. The molecule has 0 aromatic heterocycles. The zero-order valence-electron chi connectivity index (χ0n) is 6.34. The van der Waals surface area contributed by atoms with E-state index in [4.69, 9.17) is 4.74 Å². The Kier molecular flexibility index (Phi) is 3.06. The van der Waals surface area contributed by atoms with Crippen LogP contribution in [0.4, 0.5) is 0 Å². The van der Waals surface area contributed by atoms with E-state index in [1.807, 2.05) is 0 Å². The minimum absolute atomic E-state index is 0.796. The minimum atomic E-state index is 0.796. The Hall–Kier alpha value is -0.730. The maximum absolute atomic E-state index is 5.30. The van der Waals surface area contributed by atoms with E-state index < -0.39 is 0 Å². The molecule has 0 aromatic rings. The molecule has 0 unspecified atom stereocenters. The van der Waals surface area contributed by atoms with Crippen LogP contribution < -0.4 is 5.43 Å². The molecular weight excluding hydrogens is 128 g/mol. The maximum Gasteiger partial charge on any atom is 0.210 e. The first-order chi connectivity index (χ1) is 4.93. The summed E-state index contributed by atoms with van der Waals surface area (Å²) < 4.78 is 5.30. The summed E-state index contributed by atoms with van der Waals surface area (Å²) in [6.45, 7) is 3.75. The van der Waals surface area contributed by atoms with Crippen molar-refractivity contribution >= 4 is 5.90 Å². The highest BCUT2D eigenvalue weighted by molar-refractivity contribution is 5.77. The summed E-state index contributed by atoms with van der Waals surface area (Å²) in [7, 11) is 0. The highest BCUT2D eigenvalue weighted by atomic mass is 16.5. The second kappa shape index (κ2) is 4.14. The van der Waals surface area contributed by atoms with Gasteiger partial charge in [-0.05, 0) is 6.42 Å². The lowest BCUT2D eigenvalue weighted by atomic mass is 10.4. The van der Waals surface area contributed by atoms with Crippen LogP contribution in [-0.2, 0) is 4.74 Å². The van der Waals surface area contributed by atoms with Gasteiger partial charge in [0.15, 0.2) is 0 Å². The van der Waals surface area contributed by atoms with Crippen LogP contribution in [0.5, 0.6) is 0 Å². The van der Waals surface area contributed by atoms with E-state index >= 15 is 0 Å². The average Bonchev–Trinajstić information content (AvgIpc) is 2.41. The van der Waals surface area contributed by atoms with Gasteiger partial charge in [-0.1, -0.05) is 13.3 Å². The van der Waals surface area contributed by atoms with E-state index in [-0.39, 0.29) is 0 Å². The van der Waals surface area contributed by atoms with Gasteiger partial charge in [0.1, 0.15) is 0 Å². The standard InChI is InChI=1S/C7H13N2O/c1-2-3-6-10-7-4-5-8-9-7/h2-6H2,1H3. The van der Waals surface area contributed by atoms with Crippen LogP contribution in [0.2, 0.25) is 0 Å². The van der Waals surface area contributed by atoms with Gasteiger partial charge in [0, 0.05) is 6.42 Å². The molecule has 0 saturated heterocycles. The molecule has 3 heteroatoms. The molecule has 0 saturated carbocycles. The molecule has 0 fully saturated rings. The Morgan fingerprint density at radius 2 is 2.50 bits per heavy atom. The van der Waals surface area contributed by atoms with Crippen LogP contribution in [0.1, 0.15) is 26.2 Å². The molecular formula is C7H13N2O. The lowest BCUT2D eigenvalue weighted by molar-refractivity contribution is 0.291. The zero-order valence-corrected chi connectivity index (χ0v) is 6.34. The third-order valence-corrected chi connectivity index (χ3v) is 1.37. The summed E-state index contributed by atoms with van der Waals surface area (Å²) >= 11 is 0. The van der Waals surface area contributed by atoms with Gasteiger partial charge in [0.05, 0.1) is 13.2 Å². The quantitative estimate of drug-likeness (QED) is 0.542. The molecule has 0 aromatic carbocycles. The van der Waals surface area contributed by atoms with Gasteiger partial charge in [-0.25, -0.2) is 0 Å². The fourth-order valence-corrected chi connectivity index (χ4v) is 0.760. The summed E-state index contributed by atoms with van der Waals surface area (Å²) in [5.41, 5.74) is 3.81. The van der Waals surface area contributed by atoms with Crippen molar-refractivity contribution in [3.63, 3.8) is 0 Å². The van der Waals surface area contributed by atoms with Crippen molar-refractivity contribution in [3.05, 3.63) is 0 Å². The highest BCUT2D eigenvalue weighted by Crippen LogP contribution is 1.98. The first-order valence-electron chi connectivity index (χ1n) is 3.79. The Balaban J connectivity index is 2.01. The fourth-order valence-electron chi connectivity index (χ4n) is 0.760. The zero-order chi connectivity index (χ0) is 7.23. The van der Waals surface area contributed by atoms with Crippen LogP contribution in [-0.4, -0.2) is 19.0 Å². The van der Waals surface area contributed by atoms with Gasteiger partial charge in [-0.2, -0.15) is 5.43 Å². The number of hydrogen-bond acceptors (Lipinski definition) is 2. The highest BCUT2D eigenvalue weighted by Gasteiger charge is 2.06. The molecule has 0 N–H and O–H groups in total. The van der Waals surface area contributed by atoms with E-state index in [9.17, 15) is 0 Å². The first-order valence-corrected chi connectivity index (χ1v) is 3.79. The Bertz CT molecular complexity index is 123. The van der Waals surface area contributed by atoms with E-state index in [1.165, 1.54) is 6.42 Å². The van der Waals surface area contributed by atoms with Crippen molar-refractivity contribution < 1.29 is 4.74 Å². The monoisotopic (exact) mass is 141 g/mol. The molecule has 10 heavy (non-hydrogen) atoms. The maximum atomic E-state index is 5.30. The third-order valence-electron chi connectivity index (χ3n) is 1.37. The molecule has 0 spiro atoms. The minimum Gasteiger partial charge on any atom is -0.480 e. The van der Waals surface area contributed by atoms with E-state index in [2.05, 4.69) is 17.5 Å². The topological polar surface area (TPSA) is 35.7 Å². The van der Waals surface area contributed by atoms with Gasteiger partial charge in [0.2, 0.25) is 5.90 Å². The molecule has 1 aliphatic heterocycles. The summed E-state index contributed by atoms with van der Waals surface area (Å²) in [5.74, 6) is 0.813. The van der Waals surface area contributed by atoms with Crippen molar-refractivity contribution in [1.29, 1.82) is 0 Å². The summed E-state index contributed by atoms with van der Waals surface area (Å²) in [6, 6.07) is 0. The van der Waals surface area contributed by atoms with E-state index in [0.29, 0.717) is 0 Å². The molecule has 0 atom stereocenters. The van der Waals surface area contributed by atoms with Crippen molar-refractivity contribution in [2.75, 3.05) is 13.2 Å². The number of rotatable bonds is 3. The van der Waals surface area contributed by atoms with Crippen molar-refractivity contribution in [1.82, 2.24) is 5.43 Å². The number of hydrogen-bond donors (Lipinski definition) is 0. The predicted molar refractivity (Wildman–Crippen MR) is 39.9 cm³/mol. The molecule has 0 aliphatic carbocycles. The second-order valence-corrected chi connectivity index (χ2v) is 2.31. The summed E-state index contributed by atoms with van der Waals surface area (Å²) in [5, 5.41) is 3.83. The van der Waals surface area contributed by atoms with Crippen LogP contribution in [0, 0.1) is 0 Å². The number of nitrogens with zero attached hydrogens (tertiary/aromatic N) is 2. The smallest absolute Gasteiger partial charge is 0.210 e. The van der Waals surface area contributed by atoms with Crippen LogP contribution >= 0.6 is 0 Å². The van der Waals surface area contributed by atoms with Crippen molar-refractivity contribution in [3.8, 4) is 0 Å². The fraction of sp³-hybridized carbons (Fsp3) is 0.857. The second-order valence-electron chi connectivity index (χ2n) is 2.31. The lowest BCUT2D eigenvalue weighted by Crippen LogP contribution is -2.02. The van der Waals surface area contributed by atoms with Crippen LogP contribution in [0.25, 0.3) is 0 Å². The van der Waals surface area contributed by atoms with Gasteiger partial charge >= 0.3 is 0 Å². The molecule has 0 amide bonds. The predicted octanol–water partition coefficient (Wildman–Crippen LogP) is 1.12. The normalized spacial score (nSPS) is 16.3. The van der Waals surface area contributed by atoms with Gasteiger partial charge in [-0.15, -0.1) is 5.10 Å². The Morgan fingerprint density at radius 1 is 1.60 bits per heavy atom. The average molecular weight is 141 g/mol. The summed E-state index contributed by atoms with van der Waals surface area (Å²) in [4.78, 5) is 0. The van der Waals surface area contributed by atoms with E-state index in [0.717, 1.165) is 31.9 Å². The van der Waals surface area contributed by atoms with E-state index in [1.54, 1.807) is 0 Å². The first kappa shape index (κ1) is 7.38. The SMILES string of the molecule is CCCCOC1=N[N]CC1. The Morgan fingerprint density at radius 3 is 3.10 bits per heavy atom. The molecule has 3 nitrogen and oxygen atoms in total. The van der Waals surface area contributed by atoms with Crippen LogP contribution in [0.3, 0.4) is 0 Å². The third kappa shape index (κ3) is 2.25. The van der Waals surface area contributed by atoms with Crippen molar-refractivity contribution in [2.24, 2.45) is 5.10 Å². The summed E-state index contributed by atoms with van der Waals surface area (Å²) in [6.07, 6.45) is 3.17. The molecule has 1 aliphatic rings. The van der Waals surface area contributed by atoms with Gasteiger partial charge in [0.25, 0.3) is 0 Å². The molecule has 0 bridgehead atoms. The van der Waals surface area contributed by atoms with Crippen molar-refractivity contribution in [2.45, 2.75) is 26.2 Å². The van der Waals surface area contributed by atoms with Gasteiger partial charge < -0.3 is 4.74 Å². The van der Waals surface area contributed by atoms with Crippen LogP contribution in [0.15, 0.2) is 5.10 Å². The molecule has 1 rings (SSSR count). The molecule has 57 valence electrons. The number of unbranched alkanes of at least 4 members (excludes halogenated alkanes) is 1. The lowest BCUT2D eigenvalue weighted by Gasteiger charge is -2.00. The number of ether oxygens (including phenoxy) is 1. The molecule has 1 radical (unpaired) electrons. The Labute approximate surface area is 61.5 Å². The molecule has 1 heterocycles.